The van der Waals surface area contributed by atoms with Crippen molar-refractivity contribution in [2.24, 2.45) is 0 Å². The van der Waals surface area contributed by atoms with E-state index in [-0.39, 0.29) is 5.97 Å². The van der Waals surface area contributed by atoms with Gasteiger partial charge in [-0.3, -0.25) is 0 Å². The van der Waals surface area contributed by atoms with E-state index < -0.39 is 0 Å². The minimum Gasteiger partial charge on any atom is -0.618 e. The summed E-state index contributed by atoms with van der Waals surface area (Å²) in [6.07, 6.45) is 2.41. The average molecular weight is 286 g/mol. The first-order valence-corrected chi connectivity index (χ1v) is 5.89. The third-order valence-corrected chi connectivity index (χ3v) is 3.90. The van der Waals surface area contributed by atoms with Gasteiger partial charge >= 0.3 is 5.97 Å². The van der Waals surface area contributed by atoms with Gasteiger partial charge < -0.3 is 9.94 Å². The van der Waals surface area contributed by atoms with Crippen molar-refractivity contribution in [2.45, 2.75) is 26.2 Å². The number of carbonyl (C=O) groups is 1. The highest BCUT2D eigenvalue weighted by Crippen LogP contribution is 2.29. The van der Waals surface area contributed by atoms with Crippen LogP contribution in [0.2, 0.25) is 0 Å². The number of nitrogens with zero attached hydrogens (tertiary/aromatic N) is 1. The molecular formula is C11H12BrNO3. The van der Waals surface area contributed by atoms with E-state index in [9.17, 15) is 10.0 Å². The summed E-state index contributed by atoms with van der Waals surface area (Å²) in [6.45, 7) is 1.75. The quantitative estimate of drug-likeness (QED) is 0.341. The zero-order valence-corrected chi connectivity index (χ0v) is 10.8. The third kappa shape index (κ3) is 1.50. The first-order chi connectivity index (χ1) is 7.57. The van der Waals surface area contributed by atoms with Crippen molar-refractivity contribution in [2.75, 3.05) is 7.11 Å². The van der Waals surface area contributed by atoms with Crippen molar-refractivity contribution < 1.29 is 14.3 Å². The lowest BCUT2D eigenvalue weighted by Crippen LogP contribution is -2.36. The van der Waals surface area contributed by atoms with Gasteiger partial charge in [-0.15, -0.1) is 0 Å². The molecule has 0 saturated carbocycles. The highest BCUT2D eigenvalue weighted by atomic mass is 79.9. The predicted molar refractivity (Wildman–Crippen MR) is 61.2 cm³/mol. The zero-order chi connectivity index (χ0) is 11.9. The number of rotatable bonds is 1. The second-order valence-electron chi connectivity index (χ2n) is 3.86. The molecule has 2 rings (SSSR count). The summed E-state index contributed by atoms with van der Waals surface area (Å²) in [7, 11) is 1.36. The molecule has 5 heteroatoms. The average Bonchev–Trinajstić information content (AvgIpc) is 2.74. The standard InChI is InChI=1S/C11H12BrNO3/c1-6-9(11(14)16-2)7-4-3-5-8(7)13(15)10(6)12/h3-5H2,1-2H3. The first kappa shape index (κ1) is 11.4. The molecule has 0 amide bonds. The molecule has 1 aromatic heterocycles. The molecule has 0 bridgehead atoms. The number of ether oxygens (including phenoxy) is 1. The van der Waals surface area contributed by atoms with Crippen molar-refractivity contribution >= 4 is 21.9 Å². The lowest BCUT2D eigenvalue weighted by Gasteiger charge is -2.12. The van der Waals surface area contributed by atoms with Crippen LogP contribution in [0.4, 0.5) is 0 Å². The second kappa shape index (κ2) is 4.05. The summed E-state index contributed by atoms with van der Waals surface area (Å²) in [5, 5.41) is 11.9. The van der Waals surface area contributed by atoms with E-state index in [2.05, 4.69) is 15.9 Å². The Kier molecular flexibility index (Phi) is 2.88. The fourth-order valence-corrected chi connectivity index (χ4v) is 2.61. The Balaban J connectivity index is 2.74. The van der Waals surface area contributed by atoms with Crippen molar-refractivity contribution in [3.05, 3.63) is 32.2 Å². The van der Waals surface area contributed by atoms with Crippen LogP contribution in [0.25, 0.3) is 0 Å². The zero-order valence-electron chi connectivity index (χ0n) is 9.17. The molecule has 1 aliphatic rings. The van der Waals surface area contributed by atoms with Gasteiger partial charge in [0.25, 0.3) is 4.60 Å². The number of halogens is 1. The molecule has 1 heterocycles. The van der Waals surface area contributed by atoms with Crippen molar-refractivity contribution in [1.29, 1.82) is 0 Å². The van der Waals surface area contributed by atoms with Gasteiger partial charge in [-0.2, -0.15) is 4.73 Å². The molecule has 0 aliphatic heterocycles. The van der Waals surface area contributed by atoms with Crippen molar-refractivity contribution in [1.82, 2.24) is 0 Å². The van der Waals surface area contributed by atoms with Crippen LogP contribution in [-0.4, -0.2) is 13.1 Å². The molecular weight excluding hydrogens is 274 g/mol. The predicted octanol–water partition coefficient (Wildman–Crippen LogP) is 1.67. The number of esters is 1. The molecule has 0 aromatic carbocycles. The van der Waals surface area contributed by atoms with E-state index >= 15 is 0 Å². The van der Waals surface area contributed by atoms with Gasteiger partial charge in [-0.1, -0.05) is 0 Å². The maximum Gasteiger partial charge on any atom is 0.338 e. The summed E-state index contributed by atoms with van der Waals surface area (Å²) >= 11 is 3.22. The van der Waals surface area contributed by atoms with Crippen LogP contribution in [0.3, 0.4) is 0 Å². The summed E-state index contributed by atoms with van der Waals surface area (Å²) in [5.74, 6) is -0.364. The molecule has 4 nitrogen and oxygen atoms in total. The van der Waals surface area contributed by atoms with Crippen LogP contribution in [0.5, 0.6) is 0 Å². The van der Waals surface area contributed by atoms with Gasteiger partial charge in [0.05, 0.1) is 12.7 Å². The SMILES string of the molecule is COC(=O)c1c(C)c(Br)[n+]([O-])c2c1CCC2. The van der Waals surface area contributed by atoms with Crippen LogP contribution >= 0.6 is 15.9 Å². The van der Waals surface area contributed by atoms with E-state index in [0.29, 0.717) is 21.4 Å². The van der Waals surface area contributed by atoms with Crippen LogP contribution < -0.4 is 4.73 Å². The maximum absolute atomic E-state index is 11.9. The fourth-order valence-electron chi connectivity index (χ4n) is 2.20. The monoisotopic (exact) mass is 285 g/mol. The van der Waals surface area contributed by atoms with Gasteiger partial charge in [-0.25, -0.2) is 4.79 Å². The number of hydrogen-bond acceptors (Lipinski definition) is 3. The molecule has 0 saturated heterocycles. The van der Waals surface area contributed by atoms with E-state index in [1.807, 2.05) is 0 Å². The Morgan fingerprint density at radius 2 is 2.19 bits per heavy atom. The second-order valence-corrected chi connectivity index (χ2v) is 4.61. The number of carbonyl (C=O) groups excluding carboxylic acids is 1. The van der Waals surface area contributed by atoms with Crippen LogP contribution in [-0.2, 0) is 17.6 Å². The molecule has 0 atom stereocenters. The molecule has 0 fully saturated rings. The van der Waals surface area contributed by atoms with Crippen LogP contribution in [0, 0.1) is 12.1 Å². The summed E-state index contributed by atoms with van der Waals surface area (Å²) < 4.78 is 6.06. The Labute approximate surface area is 102 Å². The Bertz CT molecular complexity index is 471. The molecule has 0 N–H and O–H groups in total. The molecule has 1 aromatic rings. The Morgan fingerprint density at radius 3 is 2.81 bits per heavy atom. The number of fused-ring (bicyclic) bond motifs is 1. The Hall–Kier alpha value is -1.10. The molecule has 16 heavy (non-hydrogen) atoms. The topological polar surface area (TPSA) is 53.2 Å². The minimum atomic E-state index is -0.364. The maximum atomic E-state index is 11.9. The summed E-state index contributed by atoms with van der Waals surface area (Å²) in [6, 6.07) is 0. The molecule has 0 radical (unpaired) electrons. The lowest BCUT2D eigenvalue weighted by atomic mass is 10.0. The van der Waals surface area contributed by atoms with Gasteiger partial charge in [0, 0.05) is 33.5 Å². The summed E-state index contributed by atoms with van der Waals surface area (Å²) in [4.78, 5) is 11.7. The molecule has 1 aliphatic carbocycles. The highest BCUT2D eigenvalue weighted by Gasteiger charge is 2.31. The lowest BCUT2D eigenvalue weighted by molar-refractivity contribution is -0.625. The molecule has 0 unspecified atom stereocenters. The highest BCUT2D eigenvalue weighted by molar-refractivity contribution is 9.10. The van der Waals surface area contributed by atoms with E-state index in [1.165, 1.54) is 7.11 Å². The van der Waals surface area contributed by atoms with Crippen molar-refractivity contribution in [3.8, 4) is 0 Å². The Morgan fingerprint density at radius 1 is 1.50 bits per heavy atom. The number of hydrogen-bond donors (Lipinski definition) is 0. The smallest absolute Gasteiger partial charge is 0.338 e. The van der Waals surface area contributed by atoms with Crippen molar-refractivity contribution in [3.63, 3.8) is 0 Å². The van der Waals surface area contributed by atoms with Gasteiger partial charge in [0.2, 0.25) is 0 Å². The van der Waals surface area contributed by atoms with E-state index in [4.69, 9.17) is 4.74 Å². The summed E-state index contributed by atoms with van der Waals surface area (Å²) in [5.41, 5.74) is 2.75. The van der Waals surface area contributed by atoms with Gasteiger partial charge in [-0.05, 0) is 19.8 Å². The number of pyridine rings is 1. The number of methoxy groups -OCH3 is 1. The minimum absolute atomic E-state index is 0.364. The van der Waals surface area contributed by atoms with E-state index in [1.54, 1.807) is 6.92 Å². The fraction of sp³-hybridized carbons (Fsp3) is 0.455. The largest absolute Gasteiger partial charge is 0.618 e. The van der Waals surface area contributed by atoms with Crippen LogP contribution in [0.1, 0.15) is 33.6 Å². The van der Waals surface area contributed by atoms with Gasteiger partial charge in [0.15, 0.2) is 5.69 Å². The molecule has 86 valence electrons. The number of aromatic nitrogens is 1. The molecule has 0 spiro atoms. The van der Waals surface area contributed by atoms with E-state index in [0.717, 1.165) is 29.6 Å². The van der Waals surface area contributed by atoms with Gasteiger partial charge in [0.1, 0.15) is 0 Å². The third-order valence-electron chi connectivity index (χ3n) is 2.99. The normalized spacial score (nSPS) is 13.7. The van der Waals surface area contributed by atoms with Crippen LogP contribution in [0.15, 0.2) is 4.60 Å². The first-order valence-electron chi connectivity index (χ1n) is 5.09.